The monoisotopic (exact) mass is 360 g/mol. The Morgan fingerprint density at radius 3 is 2.12 bits per heavy atom. The Balaban J connectivity index is 1.99. The summed E-state index contributed by atoms with van der Waals surface area (Å²) in [6.07, 6.45) is 1.14. The Hall–Kier alpha value is -2.34. The van der Waals surface area contributed by atoms with Gasteiger partial charge in [-0.2, -0.15) is 0 Å². The van der Waals surface area contributed by atoms with Crippen LogP contribution in [0, 0.1) is 5.92 Å². The van der Waals surface area contributed by atoms with E-state index in [4.69, 9.17) is 0 Å². The van der Waals surface area contributed by atoms with Gasteiger partial charge in [-0.1, -0.05) is 32.0 Å². The van der Waals surface area contributed by atoms with Crippen molar-refractivity contribution >= 4 is 21.4 Å². The number of sulfone groups is 1. The van der Waals surface area contributed by atoms with E-state index in [1.807, 2.05) is 30.3 Å². The Morgan fingerprint density at radius 1 is 1.00 bits per heavy atom. The molecule has 0 aliphatic carbocycles. The average molecular weight is 360 g/mol. The van der Waals surface area contributed by atoms with Crippen LogP contribution in [0.15, 0.2) is 59.5 Å². The van der Waals surface area contributed by atoms with E-state index >= 15 is 0 Å². The molecule has 0 saturated carbocycles. The number of hydrogen-bond acceptors (Lipinski definition) is 4. The minimum Gasteiger partial charge on any atom is -0.380 e. The fraction of sp³-hybridized carbons (Fsp3) is 0.316. The maximum absolute atomic E-state index is 12.3. The molecule has 0 aliphatic rings. The molecule has 0 unspecified atom stereocenters. The number of hydrogen-bond donors (Lipinski definition) is 2. The first kappa shape index (κ1) is 19.0. The number of benzene rings is 2. The van der Waals surface area contributed by atoms with Crippen LogP contribution < -0.4 is 10.6 Å². The zero-order valence-corrected chi connectivity index (χ0v) is 15.5. The highest BCUT2D eigenvalue weighted by Gasteiger charge is 2.15. The van der Waals surface area contributed by atoms with Gasteiger partial charge >= 0.3 is 0 Å². The van der Waals surface area contributed by atoms with Crippen LogP contribution in [0.4, 0.5) is 5.69 Å². The minimum absolute atomic E-state index is 0.0849. The predicted molar refractivity (Wildman–Crippen MR) is 101 cm³/mol. The summed E-state index contributed by atoms with van der Waals surface area (Å²) in [4.78, 5) is 12.5. The van der Waals surface area contributed by atoms with Crippen molar-refractivity contribution < 1.29 is 13.2 Å². The lowest BCUT2D eigenvalue weighted by atomic mass is 10.0. The summed E-state index contributed by atoms with van der Waals surface area (Å²) in [5.74, 6) is 0.105. The lowest BCUT2D eigenvalue weighted by molar-refractivity contribution is 0.0950. The molecule has 0 heterocycles. The first-order chi connectivity index (χ1) is 11.8. The third-order valence-corrected chi connectivity index (χ3v) is 5.09. The summed E-state index contributed by atoms with van der Waals surface area (Å²) in [5.41, 5.74) is 1.45. The molecule has 2 N–H and O–H groups in total. The third-order valence-electron chi connectivity index (χ3n) is 3.96. The third kappa shape index (κ3) is 5.60. The summed E-state index contributed by atoms with van der Waals surface area (Å²) in [6.45, 7) is 4.65. The summed E-state index contributed by atoms with van der Waals surface area (Å²) in [6, 6.07) is 15.9. The van der Waals surface area contributed by atoms with Gasteiger partial charge in [0.2, 0.25) is 0 Å². The molecule has 0 aromatic heterocycles. The van der Waals surface area contributed by atoms with Crippen molar-refractivity contribution in [2.75, 3.05) is 18.1 Å². The maximum atomic E-state index is 12.3. The largest absolute Gasteiger partial charge is 0.380 e. The van der Waals surface area contributed by atoms with Gasteiger partial charge in [0.15, 0.2) is 9.84 Å². The molecule has 2 aromatic rings. The first-order valence-electron chi connectivity index (χ1n) is 8.17. The van der Waals surface area contributed by atoms with Crippen LogP contribution in [0.5, 0.6) is 0 Å². The predicted octanol–water partition coefficient (Wildman–Crippen LogP) is 2.96. The van der Waals surface area contributed by atoms with Gasteiger partial charge in [0.05, 0.1) is 4.90 Å². The topological polar surface area (TPSA) is 75.3 Å². The van der Waals surface area contributed by atoms with E-state index in [0.29, 0.717) is 18.0 Å². The zero-order valence-electron chi connectivity index (χ0n) is 14.7. The van der Waals surface area contributed by atoms with Crippen molar-refractivity contribution in [3.8, 4) is 0 Å². The fourth-order valence-electron chi connectivity index (χ4n) is 2.36. The van der Waals surface area contributed by atoms with Gasteiger partial charge in [-0.3, -0.25) is 4.79 Å². The van der Waals surface area contributed by atoms with Crippen LogP contribution in [0.25, 0.3) is 0 Å². The van der Waals surface area contributed by atoms with E-state index in [9.17, 15) is 13.2 Å². The Kier molecular flexibility index (Phi) is 6.20. The van der Waals surface area contributed by atoms with Crippen molar-refractivity contribution in [3.63, 3.8) is 0 Å². The van der Waals surface area contributed by atoms with Crippen LogP contribution in [0.2, 0.25) is 0 Å². The highest BCUT2D eigenvalue weighted by molar-refractivity contribution is 7.90. The highest BCUT2D eigenvalue weighted by Crippen LogP contribution is 2.13. The van der Waals surface area contributed by atoms with Gasteiger partial charge in [-0.15, -0.1) is 0 Å². The van der Waals surface area contributed by atoms with Crippen molar-refractivity contribution in [1.29, 1.82) is 0 Å². The number of para-hydroxylation sites is 1. The molecule has 25 heavy (non-hydrogen) atoms. The lowest BCUT2D eigenvalue weighted by Gasteiger charge is -2.24. The van der Waals surface area contributed by atoms with Gasteiger partial charge < -0.3 is 10.6 Å². The second-order valence-corrected chi connectivity index (χ2v) is 8.38. The van der Waals surface area contributed by atoms with Gasteiger partial charge in [-0.05, 0) is 42.3 Å². The normalized spacial score (nSPS) is 12.6. The summed E-state index contributed by atoms with van der Waals surface area (Å²) < 4.78 is 22.9. The van der Waals surface area contributed by atoms with E-state index in [2.05, 4.69) is 24.5 Å². The van der Waals surface area contributed by atoms with Crippen LogP contribution in [0.3, 0.4) is 0 Å². The molecule has 2 rings (SSSR count). The molecule has 0 saturated heterocycles. The number of carbonyl (C=O) groups excluding carboxylic acids is 1. The second kappa shape index (κ2) is 8.16. The quantitative estimate of drug-likeness (QED) is 0.796. The number of amides is 1. The fourth-order valence-corrected chi connectivity index (χ4v) is 2.99. The Morgan fingerprint density at radius 2 is 1.60 bits per heavy atom. The van der Waals surface area contributed by atoms with Gasteiger partial charge in [0, 0.05) is 30.1 Å². The van der Waals surface area contributed by atoms with Crippen LogP contribution in [0.1, 0.15) is 24.2 Å². The molecular weight excluding hydrogens is 336 g/mol. The molecule has 0 fully saturated rings. The van der Waals surface area contributed by atoms with Crippen molar-refractivity contribution in [2.45, 2.75) is 24.8 Å². The van der Waals surface area contributed by atoms with E-state index in [1.165, 1.54) is 24.3 Å². The van der Waals surface area contributed by atoms with E-state index < -0.39 is 9.84 Å². The van der Waals surface area contributed by atoms with E-state index in [1.54, 1.807) is 0 Å². The average Bonchev–Trinajstić information content (AvgIpc) is 2.58. The van der Waals surface area contributed by atoms with Gasteiger partial charge in [0.1, 0.15) is 0 Å². The van der Waals surface area contributed by atoms with Gasteiger partial charge in [0.25, 0.3) is 5.91 Å². The second-order valence-electron chi connectivity index (χ2n) is 6.37. The molecule has 1 atom stereocenters. The standard InChI is InChI=1S/C19H24N2O3S/c1-14(2)18(21-16-7-5-4-6-8-16)13-20-19(22)15-9-11-17(12-10-15)25(3,23)24/h4-12,14,18,21H,13H2,1-3H3,(H,20,22)/t18-/m1/s1. The number of rotatable bonds is 7. The number of anilines is 1. The molecular formula is C19H24N2O3S. The molecule has 0 bridgehead atoms. The van der Waals surface area contributed by atoms with Crippen LogP contribution in [-0.4, -0.2) is 33.2 Å². The summed E-state index contributed by atoms with van der Waals surface area (Å²) in [5, 5.41) is 6.33. The molecule has 5 nitrogen and oxygen atoms in total. The lowest BCUT2D eigenvalue weighted by Crippen LogP contribution is -2.39. The molecule has 134 valence electrons. The number of carbonyl (C=O) groups is 1. The van der Waals surface area contributed by atoms with Crippen LogP contribution >= 0.6 is 0 Å². The van der Waals surface area contributed by atoms with E-state index in [0.717, 1.165) is 11.9 Å². The Labute approximate surface area is 149 Å². The van der Waals surface area contributed by atoms with E-state index in [-0.39, 0.29) is 16.8 Å². The zero-order chi connectivity index (χ0) is 18.4. The summed E-state index contributed by atoms with van der Waals surface area (Å²) >= 11 is 0. The smallest absolute Gasteiger partial charge is 0.251 e. The summed E-state index contributed by atoms with van der Waals surface area (Å²) in [7, 11) is -3.26. The molecule has 6 heteroatoms. The molecule has 0 aliphatic heterocycles. The Bertz CT molecular complexity index is 800. The number of nitrogens with one attached hydrogen (secondary N) is 2. The first-order valence-corrected chi connectivity index (χ1v) is 10.1. The molecule has 1 amide bonds. The highest BCUT2D eigenvalue weighted by atomic mass is 32.2. The van der Waals surface area contributed by atoms with Crippen molar-refractivity contribution in [3.05, 3.63) is 60.2 Å². The van der Waals surface area contributed by atoms with Crippen LogP contribution in [-0.2, 0) is 9.84 Å². The maximum Gasteiger partial charge on any atom is 0.251 e. The molecule has 0 spiro atoms. The minimum atomic E-state index is -3.26. The van der Waals surface area contributed by atoms with Crippen molar-refractivity contribution in [2.24, 2.45) is 5.92 Å². The van der Waals surface area contributed by atoms with Crippen molar-refractivity contribution in [1.82, 2.24) is 5.32 Å². The SMILES string of the molecule is CC(C)[C@@H](CNC(=O)c1ccc(S(C)(=O)=O)cc1)Nc1ccccc1. The molecule has 0 radical (unpaired) electrons. The van der Waals surface area contributed by atoms with Gasteiger partial charge in [-0.25, -0.2) is 8.42 Å². The molecule has 2 aromatic carbocycles.